The number of nitrogens with zero attached hydrogens (tertiary/aromatic N) is 3. The first kappa shape index (κ1) is 13.8. The standard InChI is InChI=1S/C16H20N4O/c1-11-18-15(8-16(19-11)21-2)20-10-13-6-4-3-5-12(13)7-14(20)9-17/h3-6,8,14H,7,9-10,17H2,1-2H3. The van der Waals surface area contributed by atoms with Crippen molar-refractivity contribution in [3.05, 3.63) is 47.3 Å². The molecule has 0 bridgehead atoms. The second-order valence-corrected chi connectivity index (χ2v) is 5.31. The van der Waals surface area contributed by atoms with Crippen molar-refractivity contribution in [3.63, 3.8) is 0 Å². The maximum atomic E-state index is 5.98. The van der Waals surface area contributed by atoms with E-state index in [1.165, 1.54) is 11.1 Å². The molecule has 0 saturated heterocycles. The summed E-state index contributed by atoms with van der Waals surface area (Å²) in [4.78, 5) is 11.1. The van der Waals surface area contributed by atoms with E-state index in [4.69, 9.17) is 10.5 Å². The van der Waals surface area contributed by atoms with E-state index in [2.05, 4.69) is 39.1 Å². The quantitative estimate of drug-likeness (QED) is 0.929. The lowest BCUT2D eigenvalue weighted by Gasteiger charge is -2.37. The van der Waals surface area contributed by atoms with Gasteiger partial charge >= 0.3 is 0 Å². The van der Waals surface area contributed by atoms with Crippen molar-refractivity contribution in [2.75, 3.05) is 18.6 Å². The summed E-state index contributed by atoms with van der Waals surface area (Å²) in [6.07, 6.45) is 0.942. The van der Waals surface area contributed by atoms with Gasteiger partial charge in [0, 0.05) is 25.2 Å². The molecule has 110 valence electrons. The van der Waals surface area contributed by atoms with E-state index >= 15 is 0 Å². The Kier molecular flexibility index (Phi) is 3.75. The van der Waals surface area contributed by atoms with Crippen molar-refractivity contribution in [1.29, 1.82) is 0 Å². The van der Waals surface area contributed by atoms with Crippen LogP contribution in [0.15, 0.2) is 30.3 Å². The van der Waals surface area contributed by atoms with Gasteiger partial charge in [-0.3, -0.25) is 0 Å². The Morgan fingerprint density at radius 2 is 2.05 bits per heavy atom. The first-order chi connectivity index (χ1) is 10.2. The largest absolute Gasteiger partial charge is 0.481 e. The summed E-state index contributed by atoms with van der Waals surface area (Å²) < 4.78 is 5.26. The van der Waals surface area contributed by atoms with Crippen LogP contribution in [0.25, 0.3) is 0 Å². The Hall–Kier alpha value is -2.14. The highest BCUT2D eigenvalue weighted by Crippen LogP contribution is 2.28. The van der Waals surface area contributed by atoms with Gasteiger partial charge in [0.2, 0.25) is 5.88 Å². The fourth-order valence-electron chi connectivity index (χ4n) is 2.84. The Morgan fingerprint density at radius 1 is 1.29 bits per heavy atom. The highest BCUT2D eigenvalue weighted by Gasteiger charge is 2.26. The molecular formula is C16H20N4O. The topological polar surface area (TPSA) is 64.3 Å². The van der Waals surface area contributed by atoms with Crippen molar-refractivity contribution in [2.45, 2.75) is 25.9 Å². The summed E-state index contributed by atoms with van der Waals surface area (Å²) in [5.74, 6) is 2.18. The van der Waals surface area contributed by atoms with Crippen LogP contribution in [0, 0.1) is 6.92 Å². The average molecular weight is 284 g/mol. The monoisotopic (exact) mass is 284 g/mol. The second kappa shape index (κ2) is 5.69. The van der Waals surface area contributed by atoms with Crippen LogP contribution in [0.1, 0.15) is 17.0 Å². The zero-order chi connectivity index (χ0) is 14.8. The van der Waals surface area contributed by atoms with Crippen molar-refractivity contribution < 1.29 is 4.74 Å². The number of fused-ring (bicyclic) bond motifs is 1. The van der Waals surface area contributed by atoms with Crippen molar-refractivity contribution >= 4 is 5.82 Å². The Morgan fingerprint density at radius 3 is 2.76 bits per heavy atom. The van der Waals surface area contributed by atoms with Gasteiger partial charge in [0.1, 0.15) is 11.6 Å². The number of anilines is 1. The molecule has 21 heavy (non-hydrogen) atoms. The molecule has 0 aliphatic carbocycles. The van der Waals surface area contributed by atoms with Crippen LogP contribution in [-0.4, -0.2) is 29.7 Å². The molecule has 0 radical (unpaired) electrons. The predicted octanol–water partition coefficient (Wildman–Crippen LogP) is 1.68. The highest BCUT2D eigenvalue weighted by atomic mass is 16.5. The van der Waals surface area contributed by atoms with E-state index < -0.39 is 0 Å². The van der Waals surface area contributed by atoms with Gasteiger partial charge in [-0.15, -0.1) is 0 Å². The van der Waals surface area contributed by atoms with Crippen LogP contribution in [0.3, 0.4) is 0 Å². The van der Waals surface area contributed by atoms with Crippen LogP contribution >= 0.6 is 0 Å². The minimum absolute atomic E-state index is 0.249. The SMILES string of the molecule is COc1cc(N2Cc3ccccc3CC2CN)nc(C)n1. The summed E-state index contributed by atoms with van der Waals surface area (Å²) in [5.41, 5.74) is 8.69. The third-order valence-corrected chi connectivity index (χ3v) is 3.93. The minimum atomic E-state index is 0.249. The molecular weight excluding hydrogens is 264 g/mol. The van der Waals surface area contributed by atoms with Gasteiger partial charge in [-0.25, -0.2) is 4.98 Å². The zero-order valence-corrected chi connectivity index (χ0v) is 12.4. The summed E-state index contributed by atoms with van der Waals surface area (Å²) in [5, 5.41) is 0. The molecule has 0 fully saturated rings. The van der Waals surface area contributed by atoms with Crippen molar-refractivity contribution in [1.82, 2.24) is 9.97 Å². The van der Waals surface area contributed by atoms with Gasteiger partial charge in [-0.1, -0.05) is 24.3 Å². The molecule has 2 N–H and O–H groups in total. The zero-order valence-electron chi connectivity index (χ0n) is 12.4. The lowest BCUT2D eigenvalue weighted by Crippen LogP contribution is -2.45. The van der Waals surface area contributed by atoms with Crippen molar-refractivity contribution in [2.24, 2.45) is 5.73 Å². The van der Waals surface area contributed by atoms with E-state index in [9.17, 15) is 0 Å². The molecule has 1 unspecified atom stereocenters. The fourth-order valence-corrected chi connectivity index (χ4v) is 2.84. The molecule has 0 amide bonds. The maximum absolute atomic E-state index is 5.98. The summed E-state index contributed by atoms with van der Waals surface area (Å²) in [6.45, 7) is 3.29. The molecule has 2 heterocycles. The Bertz CT molecular complexity index is 644. The average Bonchev–Trinajstić information content (AvgIpc) is 2.52. The first-order valence-corrected chi connectivity index (χ1v) is 7.14. The highest BCUT2D eigenvalue weighted by molar-refractivity contribution is 5.48. The molecule has 1 aliphatic rings. The lowest BCUT2D eigenvalue weighted by molar-refractivity contribution is 0.395. The molecule has 3 rings (SSSR count). The third kappa shape index (κ3) is 2.69. The Balaban J connectivity index is 1.99. The van der Waals surface area contributed by atoms with Crippen LogP contribution in [0.4, 0.5) is 5.82 Å². The van der Waals surface area contributed by atoms with Crippen LogP contribution in [0.2, 0.25) is 0 Å². The van der Waals surface area contributed by atoms with E-state index in [1.807, 2.05) is 13.0 Å². The predicted molar refractivity (Wildman–Crippen MR) is 82.5 cm³/mol. The van der Waals surface area contributed by atoms with Gasteiger partial charge in [0.25, 0.3) is 0 Å². The van der Waals surface area contributed by atoms with Gasteiger partial charge in [0.15, 0.2) is 0 Å². The number of hydrogen-bond acceptors (Lipinski definition) is 5. The van der Waals surface area contributed by atoms with Crippen LogP contribution < -0.4 is 15.4 Å². The number of ether oxygens (including phenoxy) is 1. The second-order valence-electron chi connectivity index (χ2n) is 5.31. The van der Waals surface area contributed by atoms with E-state index in [0.717, 1.165) is 18.8 Å². The fraction of sp³-hybridized carbons (Fsp3) is 0.375. The molecule has 0 spiro atoms. The summed E-state index contributed by atoms with van der Waals surface area (Å²) >= 11 is 0. The van der Waals surface area contributed by atoms with Crippen molar-refractivity contribution in [3.8, 4) is 5.88 Å². The molecule has 0 saturated carbocycles. The number of aryl methyl sites for hydroxylation is 1. The molecule has 2 aromatic rings. The molecule has 1 aromatic carbocycles. The molecule has 1 aromatic heterocycles. The molecule has 5 heteroatoms. The number of aromatic nitrogens is 2. The van der Waals surface area contributed by atoms with Gasteiger partial charge in [-0.05, 0) is 24.5 Å². The van der Waals surface area contributed by atoms with Gasteiger partial charge in [0.05, 0.1) is 7.11 Å². The first-order valence-electron chi connectivity index (χ1n) is 7.14. The minimum Gasteiger partial charge on any atom is -0.481 e. The lowest BCUT2D eigenvalue weighted by atomic mass is 9.94. The number of rotatable bonds is 3. The summed E-state index contributed by atoms with van der Waals surface area (Å²) in [6, 6.07) is 10.6. The van der Waals surface area contributed by atoms with Crippen LogP contribution in [-0.2, 0) is 13.0 Å². The molecule has 5 nitrogen and oxygen atoms in total. The smallest absolute Gasteiger partial charge is 0.218 e. The number of methoxy groups -OCH3 is 1. The molecule has 1 atom stereocenters. The molecule has 1 aliphatic heterocycles. The normalized spacial score (nSPS) is 17.5. The number of benzene rings is 1. The van der Waals surface area contributed by atoms with E-state index in [1.54, 1.807) is 7.11 Å². The van der Waals surface area contributed by atoms with Gasteiger partial charge in [-0.2, -0.15) is 4.98 Å². The van der Waals surface area contributed by atoms with Gasteiger partial charge < -0.3 is 15.4 Å². The summed E-state index contributed by atoms with van der Waals surface area (Å²) in [7, 11) is 1.62. The third-order valence-electron chi connectivity index (χ3n) is 3.93. The van der Waals surface area contributed by atoms with Crippen LogP contribution in [0.5, 0.6) is 5.88 Å². The Labute approximate surface area is 124 Å². The number of hydrogen-bond donors (Lipinski definition) is 1. The number of nitrogens with two attached hydrogens (primary N) is 1. The van der Waals surface area contributed by atoms with E-state index in [0.29, 0.717) is 18.2 Å². The maximum Gasteiger partial charge on any atom is 0.218 e. The van der Waals surface area contributed by atoms with E-state index in [-0.39, 0.29) is 6.04 Å².